The van der Waals surface area contributed by atoms with Gasteiger partial charge in [0.05, 0.1) is 0 Å². The van der Waals surface area contributed by atoms with Crippen molar-refractivity contribution in [3.8, 4) is 11.8 Å². The number of aromatic nitrogens is 5. The van der Waals surface area contributed by atoms with E-state index in [4.69, 9.17) is 4.74 Å². The summed E-state index contributed by atoms with van der Waals surface area (Å²) >= 11 is 0. The van der Waals surface area contributed by atoms with E-state index in [0.717, 1.165) is 31.9 Å². The fraction of sp³-hybridized carbons (Fsp3) is 0.296. The van der Waals surface area contributed by atoms with Crippen LogP contribution in [0.4, 0.5) is 23.4 Å². The number of likely N-dealkylation sites (N-methyl/N-ethyl adjacent to an activating group) is 1. The van der Waals surface area contributed by atoms with Gasteiger partial charge in [0.2, 0.25) is 11.9 Å². The second kappa shape index (κ2) is 10.5. The monoisotopic (exact) mass is 511 g/mol. The summed E-state index contributed by atoms with van der Waals surface area (Å²) in [5.74, 6) is 2.51. The lowest BCUT2D eigenvalue weighted by Crippen LogP contribution is -2.45. The van der Waals surface area contributed by atoms with Gasteiger partial charge in [0.1, 0.15) is 5.75 Å². The molecule has 0 spiro atoms. The summed E-state index contributed by atoms with van der Waals surface area (Å²) in [6, 6.07) is 18.3. The van der Waals surface area contributed by atoms with E-state index in [2.05, 4.69) is 52.6 Å². The van der Waals surface area contributed by atoms with E-state index in [1.807, 2.05) is 24.3 Å². The lowest BCUT2D eigenvalue weighted by molar-refractivity contribution is 0.102. The molecule has 6 rings (SSSR count). The number of amides is 1. The Bertz CT molecular complexity index is 1400. The summed E-state index contributed by atoms with van der Waals surface area (Å²) in [6.45, 7) is 3.46. The Balaban J connectivity index is 1.19. The number of piperazine rings is 1. The van der Waals surface area contributed by atoms with Gasteiger partial charge in [0.15, 0.2) is 5.82 Å². The van der Waals surface area contributed by atoms with Crippen LogP contribution in [0.3, 0.4) is 0 Å². The maximum atomic E-state index is 12.4. The molecular formula is C27H29N9O2. The molecular weight excluding hydrogens is 482 g/mol. The number of rotatable bonds is 8. The molecule has 11 heteroatoms. The minimum Gasteiger partial charge on any atom is -0.424 e. The molecule has 2 aromatic heterocycles. The molecule has 4 aromatic rings. The average Bonchev–Trinajstić information content (AvgIpc) is 3.69. The number of hydrogen-bond acceptors (Lipinski definition) is 9. The van der Waals surface area contributed by atoms with E-state index >= 15 is 0 Å². The minimum atomic E-state index is -0.174. The van der Waals surface area contributed by atoms with Crippen molar-refractivity contribution in [1.29, 1.82) is 0 Å². The fourth-order valence-electron chi connectivity index (χ4n) is 4.22. The second-order valence-corrected chi connectivity index (χ2v) is 9.59. The third-order valence-corrected chi connectivity index (χ3v) is 6.60. The Hall–Kier alpha value is -4.51. The summed E-state index contributed by atoms with van der Waals surface area (Å²) in [6.07, 6.45) is 2.38. The Morgan fingerprint density at radius 1 is 0.974 bits per heavy atom. The normalized spacial score (nSPS) is 15.8. The average molecular weight is 512 g/mol. The Kier molecular flexibility index (Phi) is 6.57. The smallest absolute Gasteiger partial charge is 0.328 e. The van der Waals surface area contributed by atoms with Crippen LogP contribution in [0, 0.1) is 0 Å². The lowest BCUT2D eigenvalue weighted by Gasteiger charge is -2.32. The number of carbonyl (C=O) groups is 1. The van der Waals surface area contributed by atoms with E-state index in [1.54, 1.807) is 36.4 Å². The number of carbonyl (C=O) groups excluding carboxylic acids is 1. The van der Waals surface area contributed by atoms with Crippen molar-refractivity contribution in [2.75, 3.05) is 48.8 Å². The van der Waals surface area contributed by atoms with Crippen LogP contribution >= 0.6 is 0 Å². The van der Waals surface area contributed by atoms with Crippen LogP contribution in [0.2, 0.25) is 0 Å². The van der Waals surface area contributed by atoms with Gasteiger partial charge in [-0.15, -0.1) is 0 Å². The molecule has 0 bridgehead atoms. The predicted molar refractivity (Wildman–Crippen MR) is 144 cm³/mol. The van der Waals surface area contributed by atoms with Gasteiger partial charge in [0, 0.05) is 55.1 Å². The first-order chi connectivity index (χ1) is 18.6. The number of H-pyrrole nitrogens is 1. The number of nitrogens with zero attached hydrogens (tertiary/aromatic N) is 6. The molecule has 194 valence electrons. The van der Waals surface area contributed by atoms with Crippen molar-refractivity contribution in [1.82, 2.24) is 30.0 Å². The fourth-order valence-corrected chi connectivity index (χ4v) is 4.22. The van der Waals surface area contributed by atoms with Crippen molar-refractivity contribution in [2.45, 2.75) is 18.8 Å². The zero-order valence-electron chi connectivity index (χ0n) is 21.1. The Morgan fingerprint density at radius 2 is 1.74 bits per heavy atom. The first-order valence-electron chi connectivity index (χ1n) is 12.8. The molecule has 1 amide bonds. The van der Waals surface area contributed by atoms with Crippen molar-refractivity contribution in [3.63, 3.8) is 0 Å². The molecule has 2 aromatic carbocycles. The molecule has 38 heavy (non-hydrogen) atoms. The summed E-state index contributed by atoms with van der Waals surface area (Å²) in [5, 5.41) is 13.5. The number of ether oxygens (including phenoxy) is 1. The highest BCUT2D eigenvalue weighted by atomic mass is 16.5. The van der Waals surface area contributed by atoms with Gasteiger partial charge in [0.25, 0.3) is 5.91 Å². The summed E-state index contributed by atoms with van der Waals surface area (Å²) in [5.41, 5.74) is 2.37. The van der Waals surface area contributed by atoms with Crippen LogP contribution in [0.15, 0.2) is 60.7 Å². The predicted octanol–water partition coefficient (Wildman–Crippen LogP) is 4.01. The van der Waals surface area contributed by atoms with E-state index in [-0.39, 0.29) is 11.9 Å². The largest absolute Gasteiger partial charge is 0.424 e. The van der Waals surface area contributed by atoms with Gasteiger partial charge in [-0.1, -0.05) is 18.2 Å². The number of hydrogen-bond donors (Lipinski definition) is 3. The molecule has 3 N–H and O–H groups in total. The first kappa shape index (κ1) is 23.9. The lowest BCUT2D eigenvalue weighted by atomic mass is 10.2. The summed E-state index contributed by atoms with van der Waals surface area (Å²) in [4.78, 5) is 30.6. The second-order valence-electron chi connectivity index (χ2n) is 9.59. The number of benzene rings is 2. The molecule has 1 aliphatic carbocycles. The maximum Gasteiger partial charge on any atom is 0.328 e. The zero-order valence-corrected chi connectivity index (χ0v) is 21.1. The molecule has 0 unspecified atom stereocenters. The van der Waals surface area contributed by atoms with Gasteiger partial charge in [-0.05, 0) is 56.3 Å². The first-order valence-corrected chi connectivity index (χ1v) is 12.8. The SMILES string of the molecule is CN1CCN(c2nc(Nc3cc(C4CC4)[nH]n3)nc(Oc3ccc(NC(=O)c4ccccc4)cc3)n2)CC1. The van der Waals surface area contributed by atoms with Gasteiger partial charge >= 0.3 is 6.01 Å². The Morgan fingerprint density at radius 3 is 2.47 bits per heavy atom. The van der Waals surface area contributed by atoms with E-state index in [9.17, 15) is 4.79 Å². The van der Waals surface area contributed by atoms with Gasteiger partial charge < -0.3 is 25.2 Å². The standard InChI is InChI=1S/C27H29N9O2/c1-35-13-15-36(16-14-35)26-30-25(29-23-17-22(33-34-23)18-7-8-18)31-27(32-26)38-21-11-9-20(10-12-21)28-24(37)19-5-3-2-4-6-19/h2-6,9-12,17-18H,7-8,13-16H2,1H3,(H,28,37)(H2,29,30,31,32,33,34). The number of aromatic amines is 1. The molecule has 0 radical (unpaired) electrons. The molecule has 0 atom stereocenters. The van der Waals surface area contributed by atoms with Crippen molar-refractivity contribution in [3.05, 3.63) is 71.9 Å². The third-order valence-electron chi connectivity index (χ3n) is 6.60. The van der Waals surface area contributed by atoms with E-state index in [0.29, 0.717) is 40.6 Å². The topological polar surface area (TPSA) is 124 Å². The quantitative estimate of drug-likeness (QED) is 0.322. The molecule has 3 heterocycles. The molecule has 11 nitrogen and oxygen atoms in total. The van der Waals surface area contributed by atoms with Crippen molar-refractivity contribution >= 4 is 29.3 Å². The highest BCUT2D eigenvalue weighted by molar-refractivity contribution is 6.04. The molecule has 1 saturated carbocycles. The number of anilines is 4. The van der Waals surface area contributed by atoms with Crippen LogP contribution in [0.5, 0.6) is 11.8 Å². The highest BCUT2D eigenvalue weighted by Crippen LogP contribution is 2.39. The molecule has 2 aliphatic rings. The van der Waals surface area contributed by atoms with Crippen LogP contribution < -0.4 is 20.3 Å². The minimum absolute atomic E-state index is 0.174. The summed E-state index contributed by atoms with van der Waals surface area (Å²) < 4.78 is 6.03. The molecule has 2 fully saturated rings. The van der Waals surface area contributed by atoms with Gasteiger partial charge in [-0.2, -0.15) is 20.1 Å². The van der Waals surface area contributed by atoms with Crippen LogP contribution in [-0.2, 0) is 0 Å². The van der Waals surface area contributed by atoms with Crippen LogP contribution in [0.1, 0.15) is 34.8 Å². The third kappa shape index (κ3) is 5.73. The molecule has 1 aliphatic heterocycles. The van der Waals surface area contributed by atoms with E-state index in [1.165, 1.54) is 12.8 Å². The highest BCUT2D eigenvalue weighted by Gasteiger charge is 2.26. The van der Waals surface area contributed by atoms with Crippen LogP contribution in [-0.4, -0.2) is 69.2 Å². The van der Waals surface area contributed by atoms with Crippen LogP contribution in [0.25, 0.3) is 0 Å². The molecule has 1 saturated heterocycles. The summed E-state index contributed by atoms with van der Waals surface area (Å²) in [7, 11) is 2.10. The number of nitrogens with one attached hydrogen (secondary N) is 3. The Labute approximate surface area is 220 Å². The van der Waals surface area contributed by atoms with Crippen molar-refractivity contribution in [2.24, 2.45) is 0 Å². The van der Waals surface area contributed by atoms with Gasteiger partial charge in [-0.3, -0.25) is 9.89 Å². The van der Waals surface area contributed by atoms with Gasteiger partial charge in [-0.25, -0.2) is 0 Å². The zero-order chi connectivity index (χ0) is 25.9. The maximum absolute atomic E-state index is 12.4. The van der Waals surface area contributed by atoms with Crippen molar-refractivity contribution < 1.29 is 9.53 Å². The van der Waals surface area contributed by atoms with E-state index < -0.39 is 0 Å².